The molecule has 1 unspecified atom stereocenters. The van der Waals surface area contributed by atoms with Gasteiger partial charge in [-0.25, -0.2) is 4.98 Å². The van der Waals surface area contributed by atoms with Gasteiger partial charge in [0.1, 0.15) is 5.60 Å². The van der Waals surface area contributed by atoms with Crippen LogP contribution in [0.3, 0.4) is 0 Å². The van der Waals surface area contributed by atoms with Crippen LogP contribution in [-0.4, -0.2) is 35.3 Å². The fourth-order valence-electron chi connectivity index (χ4n) is 3.87. The van der Waals surface area contributed by atoms with E-state index in [0.29, 0.717) is 25.9 Å². The lowest BCUT2D eigenvalue weighted by Crippen LogP contribution is -2.43. The van der Waals surface area contributed by atoms with E-state index in [1.54, 1.807) is 34.2 Å². The number of rotatable bonds is 3. The highest BCUT2D eigenvalue weighted by Crippen LogP contribution is 2.44. The quantitative estimate of drug-likeness (QED) is 0.838. The van der Waals surface area contributed by atoms with Crippen LogP contribution in [0.5, 0.6) is 0 Å². The molecule has 1 aromatic heterocycles. The topological polar surface area (TPSA) is 62.7 Å². The third-order valence-electron chi connectivity index (χ3n) is 5.27. The summed E-state index contributed by atoms with van der Waals surface area (Å²) in [7, 11) is 1.83. The van der Waals surface area contributed by atoms with Crippen molar-refractivity contribution in [2.24, 2.45) is 0 Å². The van der Waals surface area contributed by atoms with Gasteiger partial charge in [0.05, 0.1) is 17.1 Å². The Bertz CT molecular complexity index is 880. The van der Waals surface area contributed by atoms with Gasteiger partial charge in [0.25, 0.3) is 0 Å². The Morgan fingerprint density at radius 1 is 1.33 bits per heavy atom. The maximum atomic E-state index is 11.8. The zero-order chi connectivity index (χ0) is 19.2. The molecule has 0 spiro atoms. The second-order valence-corrected chi connectivity index (χ2v) is 10.3. The largest absolute Gasteiger partial charge is 0.384 e. The third-order valence-corrected chi connectivity index (χ3v) is 7.52. The molecule has 2 aromatic rings. The molecule has 0 saturated carbocycles. The molecular weight excluding hydrogens is 380 g/mol. The van der Waals surface area contributed by atoms with E-state index >= 15 is 0 Å². The van der Waals surface area contributed by atoms with Crippen molar-refractivity contribution >= 4 is 34.7 Å². The number of fused-ring (bicyclic) bond motifs is 1. The number of anilines is 1. The van der Waals surface area contributed by atoms with E-state index in [1.807, 2.05) is 33.0 Å². The molecular formula is C20H24N2O3S2. The van der Waals surface area contributed by atoms with Crippen LogP contribution in [0.25, 0.3) is 0 Å². The van der Waals surface area contributed by atoms with Gasteiger partial charge >= 0.3 is 0 Å². The highest BCUT2D eigenvalue weighted by atomic mass is 32.2. The van der Waals surface area contributed by atoms with E-state index in [2.05, 4.69) is 11.1 Å². The van der Waals surface area contributed by atoms with Gasteiger partial charge in [0, 0.05) is 43.1 Å². The second-order valence-electron chi connectivity index (χ2n) is 7.90. The first-order valence-corrected chi connectivity index (χ1v) is 10.8. The van der Waals surface area contributed by atoms with Gasteiger partial charge in [-0.1, -0.05) is 11.8 Å². The average Bonchev–Trinajstić information content (AvgIpc) is 3.07. The standard InChI is InChI=1S/C20H24N2O3S2/c1-19(2)12-20(24,8-9-25-19)16-11-21-18(27-16)26-14-5-6-15-13(10-14)4-7-17(23)22(15)3/h5-6,10-11,24H,4,7-9,12H2,1-3H3. The molecule has 3 heterocycles. The van der Waals surface area contributed by atoms with Crippen LogP contribution >= 0.6 is 23.1 Å². The number of aromatic nitrogens is 1. The summed E-state index contributed by atoms with van der Waals surface area (Å²) in [6.07, 6.45) is 4.32. The first-order valence-electron chi connectivity index (χ1n) is 9.16. The fourth-order valence-corrected chi connectivity index (χ4v) is 6.00. The van der Waals surface area contributed by atoms with Gasteiger partial charge in [-0.3, -0.25) is 4.79 Å². The lowest BCUT2D eigenvalue weighted by Gasteiger charge is -2.40. The minimum atomic E-state index is -0.864. The Balaban J connectivity index is 1.53. The number of carbonyl (C=O) groups is 1. The molecule has 1 N–H and O–H groups in total. The van der Waals surface area contributed by atoms with E-state index < -0.39 is 5.60 Å². The molecule has 1 fully saturated rings. The Morgan fingerprint density at radius 3 is 2.93 bits per heavy atom. The zero-order valence-corrected chi connectivity index (χ0v) is 17.5. The number of ether oxygens (including phenoxy) is 1. The van der Waals surface area contributed by atoms with Crippen LogP contribution in [0.1, 0.15) is 43.6 Å². The van der Waals surface area contributed by atoms with Gasteiger partial charge in [-0.05, 0) is 44.0 Å². The van der Waals surface area contributed by atoms with Gasteiger partial charge in [-0.2, -0.15) is 0 Å². The van der Waals surface area contributed by atoms with Crippen LogP contribution in [0.15, 0.2) is 33.6 Å². The number of aryl methyl sites for hydroxylation is 1. The monoisotopic (exact) mass is 404 g/mol. The molecule has 0 radical (unpaired) electrons. The molecule has 2 aliphatic rings. The molecule has 27 heavy (non-hydrogen) atoms. The molecule has 144 valence electrons. The summed E-state index contributed by atoms with van der Waals surface area (Å²) in [6.45, 7) is 4.59. The summed E-state index contributed by atoms with van der Waals surface area (Å²) in [6, 6.07) is 6.19. The molecule has 5 nitrogen and oxygen atoms in total. The average molecular weight is 405 g/mol. The molecule has 0 aliphatic carbocycles. The first kappa shape index (κ1) is 18.9. The number of hydrogen-bond donors (Lipinski definition) is 1. The number of aliphatic hydroxyl groups is 1. The van der Waals surface area contributed by atoms with Gasteiger partial charge in [0.15, 0.2) is 4.34 Å². The summed E-state index contributed by atoms with van der Waals surface area (Å²) in [5.41, 5.74) is 1.00. The predicted molar refractivity (Wildman–Crippen MR) is 108 cm³/mol. The van der Waals surface area contributed by atoms with Crippen molar-refractivity contribution in [3.8, 4) is 0 Å². The Kier molecular flexibility index (Phi) is 4.83. The number of carbonyl (C=O) groups excluding carboxylic acids is 1. The number of thiazole rings is 1. The zero-order valence-electron chi connectivity index (χ0n) is 15.8. The highest BCUT2D eigenvalue weighted by Gasteiger charge is 2.42. The van der Waals surface area contributed by atoms with Crippen molar-refractivity contribution in [3.63, 3.8) is 0 Å². The van der Waals surface area contributed by atoms with Crippen LogP contribution in [0, 0.1) is 0 Å². The molecule has 7 heteroatoms. The normalized spacial score (nSPS) is 24.7. The number of amides is 1. The SMILES string of the molecule is CN1C(=O)CCc2cc(Sc3ncc(C4(O)CCOC(C)(C)C4)s3)ccc21. The van der Waals surface area contributed by atoms with Gasteiger partial charge in [0.2, 0.25) is 5.91 Å². The van der Waals surface area contributed by atoms with Gasteiger partial charge in [-0.15, -0.1) is 11.3 Å². The third kappa shape index (κ3) is 3.78. The van der Waals surface area contributed by atoms with E-state index in [9.17, 15) is 9.90 Å². The minimum absolute atomic E-state index is 0.167. The minimum Gasteiger partial charge on any atom is -0.384 e. The van der Waals surface area contributed by atoms with Crippen LogP contribution in [0.2, 0.25) is 0 Å². The van der Waals surface area contributed by atoms with Gasteiger partial charge < -0.3 is 14.7 Å². The lowest BCUT2D eigenvalue weighted by molar-refractivity contribution is -0.146. The Labute approximate surface area is 167 Å². The first-order chi connectivity index (χ1) is 12.8. The van der Waals surface area contributed by atoms with E-state index in [0.717, 1.165) is 26.2 Å². The van der Waals surface area contributed by atoms with Crippen molar-refractivity contribution in [2.75, 3.05) is 18.6 Å². The van der Waals surface area contributed by atoms with Crippen molar-refractivity contribution in [1.29, 1.82) is 0 Å². The maximum Gasteiger partial charge on any atom is 0.227 e. The van der Waals surface area contributed by atoms with Crippen molar-refractivity contribution in [2.45, 2.75) is 60.0 Å². The molecule has 2 aliphatic heterocycles. The predicted octanol–water partition coefficient (Wildman–Crippen LogP) is 3.98. The lowest BCUT2D eigenvalue weighted by atomic mass is 9.83. The second kappa shape index (κ2) is 6.88. The smallest absolute Gasteiger partial charge is 0.227 e. The summed E-state index contributed by atoms with van der Waals surface area (Å²) >= 11 is 3.16. The van der Waals surface area contributed by atoms with Crippen LogP contribution in [0.4, 0.5) is 5.69 Å². The summed E-state index contributed by atoms with van der Waals surface area (Å²) in [4.78, 5) is 20.1. The number of benzene rings is 1. The Morgan fingerprint density at radius 2 is 2.15 bits per heavy atom. The number of nitrogens with zero attached hydrogens (tertiary/aromatic N) is 2. The fraction of sp³-hybridized carbons (Fsp3) is 0.500. The highest BCUT2D eigenvalue weighted by molar-refractivity contribution is 8.01. The molecule has 1 atom stereocenters. The molecule has 4 rings (SSSR count). The van der Waals surface area contributed by atoms with Crippen molar-refractivity contribution < 1.29 is 14.6 Å². The Hall–Kier alpha value is -1.41. The van der Waals surface area contributed by atoms with Crippen molar-refractivity contribution in [1.82, 2.24) is 4.98 Å². The van der Waals surface area contributed by atoms with Crippen LogP contribution in [-0.2, 0) is 21.6 Å². The molecule has 1 saturated heterocycles. The van der Waals surface area contributed by atoms with E-state index in [4.69, 9.17) is 4.74 Å². The van der Waals surface area contributed by atoms with E-state index in [1.165, 1.54) is 5.56 Å². The van der Waals surface area contributed by atoms with Crippen molar-refractivity contribution in [3.05, 3.63) is 34.8 Å². The van der Waals surface area contributed by atoms with E-state index in [-0.39, 0.29) is 11.5 Å². The number of hydrogen-bond acceptors (Lipinski definition) is 6. The molecule has 1 aromatic carbocycles. The summed E-state index contributed by atoms with van der Waals surface area (Å²) in [5, 5.41) is 11.1. The molecule has 0 bridgehead atoms. The maximum absolute atomic E-state index is 11.8. The van der Waals surface area contributed by atoms with Crippen LogP contribution < -0.4 is 4.90 Å². The summed E-state index contributed by atoms with van der Waals surface area (Å²) < 4.78 is 6.66. The molecule has 1 amide bonds. The summed E-state index contributed by atoms with van der Waals surface area (Å²) in [5.74, 6) is 0.167.